The fraction of sp³-hybridized carbons (Fsp3) is 0.0357. The number of hydrogen-bond acceptors (Lipinski definition) is 2. The van der Waals surface area contributed by atoms with Crippen molar-refractivity contribution < 1.29 is 4.79 Å². The molecule has 152 valence electrons. The topological polar surface area (TPSA) is 17.1 Å². The Bertz CT molecular complexity index is 1300. The molecule has 1 nitrogen and oxygen atoms in total. The Morgan fingerprint density at radius 1 is 0.677 bits per heavy atom. The van der Waals surface area contributed by atoms with E-state index in [0.717, 1.165) is 11.1 Å². The highest BCUT2D eigenvalue weighted by Gasteiger charge is 2.17. The maximum absolute atomic E-state index is 12.8. The third kappa shape index (κ3) is 4.07. The number of benzene rings is 4. The Kier molecular flexibility index (Phi) is 5.46. The summed E-state index contributed by atoms with van der Waals surface area (Å²) in [5, 5.41) is 1.29. The summed E-state index contributed by atoms with van der Waals surface area (Å²) in [5.41, 5.74) is 2.71. The van der Waals surface area contributed by atoms with Gasteiger partial charge in [-0.05, 0) is 70.6 Å². The van der Waals surface area contributed by atoms with Crippen LogP contribution in [0.2, 0.25) is 0 Å². The van der Waals surface area contributed by atoms with Gasteiger partial charge in [-0.3, -0.25) is 4.79 Å². The molecule has 0 N–H and O–H groups in total. The number of fused-ring (bicyclic) bond motifs is 1. The summed E-state index contributed by atoms with van der Waals surface area (Å²) in [7, 11) is -0.684. The van der Waals surface area contributed by atoms with Crippen LogP contribution in [0.5, 0.6) is 0 Å². The van der Waals surface area contributed by atoms with E-state index in [-0.39, 0.29) is 5.78 Å². The summed E-state index contributed by atoms with van der Waals surface area (Å²) < 4.78 is 2.69. The number of hydrogen-bond donors (Lipinski definition) is 1. The maximum Gasteiger partial charge on any atom is 0.193 e. The van der Waals surface area contributed by atoms with Gasteiger partial charge in [-0.1, -0.05) is 66.2 Å². The third-order valence-electron chi connectivity index (χ3n) is 5.35. The van der Waals surface area contributed by atoms with Gasteiger partial charge in [-0.2, -0.15) is 10.9 Å². The summed E-state index contributed by atoms with van der Waals surface area (Å²) in [6, 6.07) is 37.4. The molecule has 1 atom stereocenters. The minimum Gasteiger partial charge on any atom is -0.289 e. The van der Waals surface area contributed by atoms with Crippen LogP contribution in [0.1, 0.15) is 21.5 Å². The average molecular weight is 439 g/mol. The molecule has 3 heteroatoms. The molecule has 5 rings (SSSR count). The Labute approximate surface area is 189 Å². The Morgan fingerprint density at radius 3 is 1.94 bits per heavy atom. The van der Waals surface area contributed by atoms with E-state index >= 15 is 0 Å². The molecule has 1 aromatic heterocycles. The van der Waals surface area contributed by atoms with Crippen molar-refractivity contribution in [1.29, 1.82) is 0 Å². The van der Waals surface area contributed by atoms with E-state index in [1.807, 2.05) is 53.8 Å². The van der Waals surface area contributed by atoms with Gasteiger partial charge in [0.15, 0.2) is 5.78 Å². The van der Waals surface area contributed by atoms with Gasteiger partial charge in [-0.15, -0.1) is 11.3 Å². The number of thiol groups is 1. The standard InChI is InChI=1S/C28H22OS2/c1-20-11-15-24(16-12-20)31(27-19-23-9-5-6-10-26(23)30-27)25-17-13-22(14-18-25)28(29)21-7-3-2-4-8-21/h2-19,31H,1H3. The maximum atomic E-state index is 12.8. The van der Waals surface area contributed by atoms with Crippen molar-refractivity contribution in [3.05, 3.63) is 126 Å². The van der Waals surface area contributed by atoms with Crippen molar-refractivity contribution in [3.8, 4) is 0 Å². The van der Waals surface area contributed by atoms with Crippen molar-refractivity contribution in [2.24, 2.45) is 0 Å². The smallest absolute Gasteiger partial charge is 0.193 e. The van der Waals surface area contributed by atoms with E-state index in [2.05, 4.69) is 73.7 Å². The summed E-state index contributed by atoms with van der Waals surface area (Å²) in [4.78, 5) is 15.4. The molecule has 1 unspecified atom stereocenters. The van der Waals surface area contributed by atoms with Crippen LogP contribution in [0.3, 0.4) is 0 Å². The molecule has 0 aliphatic heterocycles. The number of aryl methyl sites for hydroxylation is 1. The van der Waals surface area contributed by atoms with Gasteiger partial charge in [0.1, 0.15) is 0 Å². The van der Waals surface area contributed by atoms with Crippen molar-refractivity contribution in [2.75, 3.05) is 0 Å². The second-order valence-corrected chi connectivity index (χ2v) is 11.1. The van der Waals surface area contributed by atoms with Crippen molar-refractivity contribution >= 4 is 38.1 Å². The second-order valence-electron chi connectivity index (χ2n) is 7.54. The Morgan fingerprint density at radius 2 is 1.26 bits per heavy atom. The van der Waals surface area contributed by atoms with Crippen molar-refractivity contribution in [3.63, 3.8) is 0 Å². The number of carbonyl (C=O) groups excluding carboxylic acids is 1. The molecule has 0 fully saturated rings. The summed E-state index contributed by atoms with van der Waals surface area (Å²) >= 11 is 1.87. The zero-order chi connectivity index (χ0) is 21.2. The molecular formula is C28H22OS2. The number of carbonyl (C=O) groups is 1. The van der Waals surface area contributed by atoms with Gasteiger partial charge in [0.2, 0.25) is 0 Å². The molecule has 0 aliphatic rings. The number of rotatable bonds is 5. The van der Waals surface area contributed by atoms with E-state index in [1.165, 1.54) is 29.6 Å². The van der Waals surface area contributed by atoms with Crippen LogP contribution in [-0.2, 0) is 0 Å². The SMILES string of the molecule is Cc1ccc([SH](c2ccc(C(=O)c3ccccc3)cc2)c2cc3ccccc3s2)cc1. The molecule has 0 aliphatic carbocycles. The molecule has 0 spiro atoms. The lowest BCUT2D eigenvalue weighted by molar-refractivity contribution is 0.103. The van der Waals surface area contributed by atoms with Crippen LogP contribution >= 0.6 is 22.2 Å². The number of thiophene rings is 1. The molecular weight excluding hydrogens is 416 g/mol. The first kappa shape index (κ1) is 19.8. The van der Waals surface area contributed by atoms with Gasteiger partial charge in [0.05, 0.1) is 0 Å². The van der Waals surface area contributed by atoms with Crippen LogP contribution < -0.4 is 0 Å². The summed E-state index contributed by atoms with van der Waals surface area (Å²) in [6.07, 6.45) is 0. The minimum atomic E-state index is -0.684. The summed E-state index contributed by atoms with van der Waals surface area (Å²) in [6.45, 7) is 2.12. The first-order chi connectivity index (χ1) is 15.2. The summed E-state index contributed by atoms with van der Waals surface area (Å²) in [5.74, 6) is 0.0636. The fourth-order valence-corrected chi connectivity index (χ4v) is 7.76. The van der Waals surface area contributed by atoms with E-state index < -0.39 is 10.9 Å². The lowest BCUT2D eigenvalue weighted by Gasteiger charge is -2.22. The van der Waals surface area contributed by atoms with Crippen LogP contribution in [0, 0.1) is 6.92 Å². The highest BCUT2D eigenvalue weighted by atomic mass is 32.2. The highest BCUT2D eigenvalue weighted by Crippen LogP contribution is 2.54. The van der Waals surface area contributed by atoms with Gasteiger partial charge >= 0.3 is 0 Å². The van der Waals surface area contributed by atoms with Crippen LogP contribution in [0.25, 0.3) is 10.1 Å². The molecule has 0 saturated heterocycles. The first-order valence-corrected chi connectivity index (χ1v) is 12.4. The van der Waals surface area contributed by atoms with Crippen LogP contribution in [0.15, 0.2) is 123 Å². The van der Waals surface area contributed by atoms with E-state index in [9.17, 15) is 4.79 Å². The lowest BCUT2D eigenvalue weighted by atomic mass is 10.0. The number of ketones is 1. The van der Waals surface area contributed by atoms with Crippen LogP contribution in [0.4, 0.5) is 0 Å². The molecule has 1 heterocycles. The predicted octanol–water partition coefficient (Wildman–Crippen LogP) is 7.92. The molecule has 0 radical (unpaired) electrons. The monoisotopic (exact) mass is 438 g/mol. The predicted molar refractivity (Wildman–Crippen MR) is 133 cm³/mol. The Hall–Kier alpha value is -3.14. The van der Waals surface area contributed by atoms with Gasteiger partial charge < -0.3 is 0 Å². The van der Waals surface area contributed by atoms with Crippen molar-refractivity contribution in [2.45, 2.75) is 20.9 Å². The highest BCUT2D eigenvalue weighted by molar-refractivity contribution is 8.18. The van der Waals surface area contributed by atoms with E-state index in [1.54, 1.807) is 0 Å². The van der Waals surface area contributed by atoms with Gasteiger partial charge in [-0.25, -0.2) is 0 Å². The van der Waals surface area contributed by atoms with Crippen LogP contribution in [-0.4, -0.2) is 5.78 Å². The molecule has 4 aromatic carbocycles. The molecule has 0 amide bonds. The molecule has 5 aromatic rings. The molecule has 0 bridgehead atoms. The third-order valence-corrected chi connectivity index (χ3v) is 9.29. The fourth-order valence-electron chi connectivity index (χ4n) is 3.69. The first-order valence-electron chi connectivity index (χ1n) is 10.2. The Balaban J connectivity index is 1.56. The van der Waals surface area contributed by atoms with Crippen molar-refractivity contribution in [1.82, 2.24) is 0 Å². The van der Waals surface area contributed by atoms with Gasteiger partial charge in [0, 0.05) is 20.0 Å². The zero-order valence-corrected chi connectivity index (χ0v) is 18.9. The molecule has 0 saturated carbocycles. The lowest BCUT2D eigenvalue weighted by Crippen LogP contribution is -2.00. The second kappa shape index (κ2) is 8.54. The van der Waals surface area contributed by atoms with E-state index in [0.29, 0.717) is 0 Å². The largest absolute Gasteiger partial charge is 0.289 e. The zero-order valence-electron chi connectivity index (χ0n) is 17.2. The molecule has 31 heavy (non-hydrogen) atoms. The quantitative estimate of drug-likeness (QED) is 0.218. The normalized spacial score (nSPS) is 12.6. The van der Waals surface area contributed by atoms with E-state index in [4.69, 9.17) is 0 Å². The van der Waals surface area contributed by atoms with Gasteiger partial charge in [0.25, 0.3) is 0 Å². The average Bonchev–Trinajstić information content (AvgIpc) is 3.25. The minimum absolute atomic E-state index is 0.0636.